The van der Waals surface area contributed by atoms with Crippen LogP contribution in [0.1, 0.15) is 49.7 Å². The molecule has 0 spiro atoms. The Labute approximate surface area is 102 Å². The predicted molar refractivity (Wildman–Crippen MR) is 64.5 cm³/mol. The van der Waals surface area contributed by atoms with E-state index in [-0.39, 0.29) is 17.9 Å². The van der Waals surface area contributed by atoms with E-state index in [0.29, 0.717) is 0 Å². The Morgan fingerprint density at radius 1 is 1.47 bits per heavy atom. The normalized spacial score (nSPS) is 20.3. The van der Waals surface area contributed by atoms with Crippen LogP contribution < -0.4 is 0 Å². The number of hydrogen-bond donors (Lipinski definition) is 0. The van der Waals surface area contributed by atoms with Gasteiger partial charge in [-0.05, 0) is 26.7 Å². The molecule has 4 heteroatoms. The first kappa shape index (κ1) is 12.1. The third-order valence-electron chi connectivity index (χ3n) is 3.45. The van der Waals surface area contributed by atoms with E-state index >= 15 is 0 Å². The van der Waals surface area contributed by atoms with Crippen LogP contribution in [0.4, 0.5) is 0 Å². The SMILES string of the molecule is Cc1noc(C)c1C1CCCN1C(=O)C(C)C. The van der Waals surface area contributed by atoms with Crippen LogP contribution in [0.25, 0.3) is 0 Å². The molecule has 2 rings (SSSR count). The number of hydrogen-bond acceptors (Lipinski definition) is 3. The number of carbonyl (C=O) groups is 1. The maximum absolute atomic E-state index is 12.1. The van der Waals surface area contributed by atoms with Crippen LogP contribution in [0, 0.1) is 19.8 Å². The zero-order valence-electron chi connectivity index (χ0n) is 11.0. The molecule has 1 fully saturated rings. The van der Waals surface area contributed by atoms with Crippen molar-refractivity contribution in [2.75, 3.05) is 6.54 Å². The highest BCUT2D eigenvalue weighted by atomic mass is 16.5. The molecule has 1 saturated heterocycles. The van der Waals surface area contributed by atoms with Crippen molar-refractivity contribution in [1.82, 2.24) is 10.1 Å². The number of amides is 1. The molecule has 1 aliphatic rings. The highest BCUT2D eigenvalue weighted by molar-refractivity contribution is 5.79. The summed E-state index contributed by atoms with van der Waals surface area (Å²) in [7, 11) is 0. The molecule has 0 aliphatic carbocycles. The van der Waals surface area contributed by atoms with Crippen LogP contribution in [-0.4, -0.2) is 22.5 Å². The summed E-state index contributed by atoms with van der Waals surface area (Å²) in [6, 6.07) is 0.163. The summed E-state index contributed by atoms with van der Waals surface area (Å²) in [5, 5.41) is 3.99. The Bertz CT molecular complexity index is 404. The summed E-state index contributed by atoms with van der Waals surface area (Å²) in [4.78, 5) is 14.1. The molecule has 1 aromatic rings. The summed E-state index contributed by atoms with van der Waals surface area (Å²) < 4.78 is 5.21. The molecule has 4 nitrogen and oxygen atoms in total. The Kier molecular flexibility index (Phi) is 3.22. The molecule has 0 bridgehead atoms. The van der Waals surface area contributed by atoms with Gasteiger partial charge in [0, 0.05) is 18.0 Å². The van der Waals surface area contributed by atoms with Crippen LogP contribution in [0.15, 0.2) is 4.52 Å². The molecular weight excluding hydrogens is 216 g/mol. The highest BCUT2D eigenvalue weighted by Crippen LogP contribution is 2.36. The van der Waals surface area contributed by atoms with Gasteiger partial charge in [-0.25, -0.2) is 0 Å². The van der Waals surface area contributed by atoms with Crippen molar-refractivity contribution in [2.24, 2.45) is 5.92 Å². The van der Waals surface area contributed by atoms with Crippen molar-refractivity contribution in [2.45, 2.75) is 46.6 Å². The maximum Gasteiger partial charge on any atom is 0.225 e. The molecule has 1 unspecified atom stereocenters. The van der Waals surface area contributed by atoms with Crippen molar-refractivity contribution < 1.29 is 9.32 Å². The van der Waals surface area contributed by atoms with Gasteiger partial charge in [-0.1, -0.05) is 19.0 Å². The van der Waals surface area contributed by atoms with Gasteiger partial charge in [-0.15, -0.1) is 0 Å². The van der Waals surface area contributed by atoms with Crippen molar-refractivity contribution in [3.8, 4) is 0 Å². The number of rotatable bonds is 2. The van der Waals surface area contributed by atoms with Crippen LogP contribution in [0.5, 0.6) is 0 Å². The minimum atomic E-state index is 0.0519. The van der Waals surface area contributed by atoms with Gasteiger partial charge in [0.2, 0.25) is 5.91 Å². The van der Waals surface area contributed by atoms with E-state index < -0.39 is 0 Å². The summed E-state index contributed by atoms with van der Waals surface area (Å²) in [5.74, 6) is 1.12. The van der Waals surface area contributed by atoms with Crippen molar-refractivity contribution in [1.29, 1.82) is 0 Å². The topological polar surface area (TPSA) is 46.3 Å². The smallest absolute Gasteiger partial charge is 0.225 e. The molecule has 1 aliphatic heterocycles. The lowest BCUT2D eigenvalue weighted by atomic mass is 10.0. The van der Waals surface area contributed by atoms with Crippen molar-refractivity contribution in [3.05, 3.63) is 17.0 Å². The monoisotopic (exact) mass is 236 g/mol. The van der Waals surface area contributed by atoms with E-state index in [0.717, 1.165) is 36.4 Å². The average Bonchev–Trinajstić information content (AvgIpc) is 2.84. The highest BCUT2D eigenvalue weighted by Gasteiger charge is 2.34. The van der Waals surface area contributed by atoms with Gasteiger partial charge in [0.1, 0.15) is 5.76 Å². The molecule has 0 radical (unpaired) electrons. The standard InChI is InChI=1S/C13H20N2O2/c1-8(2)13(16)15-7-5-6-11(15)12-9(3)14-17-10(12)4/h8,11H,5-7H2,1-4H3. The van der Waals surface area contributed by atoms with E-state index in [9.17, 15) is 4.79 Å². The molecule has 17 heavy (non-hydrogen) atoms. The molecule has 2 heterocycles. The molecular formula is C13H20N2O2. The molecule has 1 amide bonds. The Morgan fingerprint density at radius 2 is 2.18 bits per heavy atom. The first-order chi connectivity index (χ1) is 8.02. The maximum atomic E-state index is 12.1. The summed E-state index contributed by atoms with van der Waals surface area (Å²) >= 11 is 0. The number of carbonyl (C=O) groups excluding carboxylic acids is 1. The van der Waals surface area contributed by atoms with Gasteiger partial charge >= 0.3 is 0 Å². The van der Waals surface area contributed by atoms with Crippen LogP contribution in [0.2, 0.25) is 0 Å². The molecule has 1 atom stereocenters. The zero-order valence-corrected chi connectivity index (χ0v) is 11.0. The number of aromatic nitrogens is 1. The summed E-state index contributed by atoms with van der Waals surface area (Å²) in [5.41, 5.74) is 2.02. The van der Waals surface area contributed by atoms with Gasteiger partial charge < -0.3 is 9.42 Å². The van der Waals surface area contributed by atoms with Crippen molar-refractivity contribution in [3.63, 3.8) is 0 Å². The second-order valence-electron chi connectivity index (χ2n) is 5.08. The van der Waals surface area contributed by atoms with E-state index in [4.69, 9.17) is 4.52 Å². The van der Waals surface area contributed by atoms with Gasteiger partial charge in [-0.3, -0.25) is 4.79 Å². The van der Waals surface area contributed by atoms with E-state index in [1.54, 1.807) is 0 Å². The average molecular weight is 236 g/mol. The molecule has 0 saturated carbocycles. The fourth-order valence-corrected chi connectivity index (χ4v) is 2.63. The first-order valence-corrected chi connectivity index (χ1v) is 6.25. The lowest BCUT2D eigenvalue weighted by molar-refractivity contribution is -0.135. The zero-order chi connectivity index (χ0) is 12.6. The van der Waals surface area contributed by atoms with Gasteiger partial charge in [0.15, 0.2) is 0 Å². The predicted octanol–water partition coefficient (Wildman–Crippen LogP) is 2.61. The summed E-state index contributed by atoms with van der Waals surface area (Å²) in [6.07, 6.45) is 2.08. The van der Waals surface area contributed by atoms with Crippen LogP contribution in [0.3, 0.4) is 0 Å². The largest absolute Gasteiger partial charge is 0.361 e. The second-order valence-corrected chi connectivity index (χ2v) is 5.08. The second kappa shape index (κ2) is 4.51. The van der Waals surface area contributed by atoms with Gasteiger partial charge in [0.25, 0.3) is 0 Å². The third-order valence-corrected chi connectivity index (χ3v) is 3.45. The Morgan fingerprint density at radius 3 is 2.71 bits per heavy atom. The van der Waals surface area contributed by atoms with E-state index in [1.165, 1.54) is 0 Å². The fourth-order valence-electron chi connectivity index (χ4n) is 2.63. The molecule has 94 valence electrons. The first-order valence-electron chi connectivity index (χ1n) is 6.25. The molecule has 0 N–H and O–H groups in total. The number of aryl methyl sites for hydroxylation is 2. The molecule has 0 aromatic carbocycles. The third kappa shape index (κ3) is 2.08. The Balaban J connectivity index is 2.29. The lowest BCUT2D eigenvalue weighted by Gasteiger charge is -2.26. The number of nitrogens with zero attached hydrogens (tertiary/aromatic N) is 2. The minimum absolute atomic E-state index is 0.0519. The van der Waals surface area contributed by atoms with E-state index in [2.05, 4.69) is 5.16 Å². The van der Waals surface area contributed by atoms with Gasteiger partial charge in [0.05, 0.1) is 11.7 Å². The van der Waals surface area contributed by atoms with Crippen LogP contribution >= 0.6 is 0 Å². The Hall–Kier alpha value is -1.32. The van der Waals surface area contributed by atoms with E-state index in [1.807, 2.05) is 32.6 Å². The summed E-state index contributed by atoms with van der Waals surface area (Å²) in [6.45, 7) is 8.62. The lowest BCUT2D eigenvalue weighted by Crippen LogP contribution is -2.34. The van der Waals surface area contributed by atoms with Crippen LogP contribution in [-0.2, 0) is 4.79 Å². The fraction of sp³-hybridized carbons (Fsp3) is 0.692. The molecule has 1 aromatic heterocycles. The minimum Gasteiger partial charge on any atom is -0.361 e. The van der Waals surface area contributed by atoms with Gasteiger partial charge in [-0.2, -0.15) is 0 Å². The number of likely N-dealkylation sites (tertiary alicyclic amines) is 1. The van der Waals surface area contributed by atoms with Crippen molar-refractivity contribution >= 4 is 5.91 Å². The quantitative estimate of drug-likeness (QED) is 0.793.